The number of ether oxygens (including phenoxy) is 1. The van der Waals surface area contributed by atoms with Crippen molar-refractivity contribution in [3.63, 3.8) is 0 Å². The average Bonchev–Trinajstić information content (AvgIpc) is 2.83. The molecule has 1 aromatic carbocycles. The second kappa shape index (κ2) is 6.71. The van der Waals surface area contributed by atoms with Crippen LogP contribution in [0.15, 0.2) is 24.3 Å². The molecular formula is C16H23NO2. The maximum Gasteiger partial charge on any atom is 0.310 e. The van der Waals surface area contributed by atoms with Gasteiger partial charge in [0.15, 0.2) is 0 Å². The van der Waals surface area contributed by atoms with Gasteiger partial charge in [-0.2, -0.15) is 0 Å². The molecule has 2 rings (SSSR count). The number of carbonyl (C=O) groups is 1. The van der Waals surface area contributed by atoms with Gasteiger partial charge >= 0.3 is 5.97 Å². The lowest BCUT2D eigenvalue weighted by Crippen LogP contribution is -2.26. The molecule has 0 radical (unpaired) electrons. The predicted molar refractivity (Wildman–Crippen MR) is 75.7 cm³/mol. The van der Waals surface area contributed by atoms with Crippen LogP contribution in [-0.2, 0) is 16.0 Å². The third-order valence-corrected chi connectivity index (χ3v) is 3.86. The van der Waals surface area contributed by atoms with Gasteiger partial charge in [0.1, 0.15) is 6.10 Å². The molecule has 2 unspecified atom stereocenters. The smallest absolute Gasteiger partial charge is 0.310 e. The largest absolute Gasteiger partial charge is 0.457 e. The number of hydrogen-bond acceptors (Lipinski definition) is 3. The maximum absolute atomic E-state index is 12.1. The number of hydrogen-bond donors (Lipinski definition) is 1. The fourth-order valence-electron chi connectivity index (χ4n) is 2.66. The topological polar surface area (TPSA) is 52.3 Å². The molecular weight excluding hydrogens is 238 g/mol. The first-order chi connectivity index (χ1) is 9.26. The van der Waals surface area contributed by atoms with Crippen molar-refractivity contribution in [1.29, 1.82) is 0 Å². The van der Waals surface area contributed by atoms with Crippen molar-refractivity contribution in [1.82, 2.24) is 0 Å². The minimum absolute atomic E-state index is 0.0700. The Bertz CT molecular complexity index is 431. The Balaban J connectivity index is 1.96. The molecule has 0 fully saturated rings. The summed E-state index contributed by atoms with van der Waals surface area (Å²) in [6.07, 6.45) is 4.76. The number of nitrogens with two attached hydrogens (primary N) is 1. The standard InChI is InChI=1S/C16H23NO2/c1-2-3-6-13(11-17)16(18)19-15-10-9-12-7-4-5-8-14(12)15/h4-5,7-8,13,15H,2-3,6,9-11,17H2,1H3. The molecule has 104 valence electrons. The van der Waals surface area contributed by atoms with Crippen molar-refractivity contribution < 1.29 is 9.53 Å². The highest BCUT2D eigenvalue weighted by Crippen LogP contribution is 2.34. The zero-order valence-electron chi connectivity index (χ0n) is 11.6. The summed E-state index contributed by atoms with van der Waals surface area (Å²) in [7, 11) is 0. The Morgan fingerprint density at radius 1 is 1.47 bits per heavy atom. The quantitative estimate of drug-likeness (QED) is 0.801. The molecule has 3 heteroatoms. The third kappa shape index (κ3) is 3.35. The lowest BCUT2D eigenvalue weighted by molar-refractivity contribution is -0.154. The number of rotatable bonds is 6. The normalized spacial score (nSPS) is 18.9. The highest BCUT2D eigenvalue weighted by atomic mass is 16.5. The first-order valence-corrected chi connectivity index (χ1v) is 7.24. The molecule has 0 saturated heterocycles. The molecule has 0 spiro atoms. The lowest BCUT2D eigenvalue weighted by Gasteiger charge is -2.18. The number of unbranched alkanes of at least 4 members (excludes halogenated alkanes) is 1. The van der Waals surface area contributed by atoms with Crippen LogP contribution < -0.4 is 5.73 Å². The second-order valence-electron chi connectivity index (χ2n) is 5.24. The fourth-order valence-corrected chi connectivity index (χ4v) is 2.66. The first kappa shape index (κ1) is 14.1. The zero-order valence-corrected chi connectivity index (χ0v) is 11.6. The van der Waals surface area contributed by atoms with E-state index < -0.39 is 0 Å². The van der Waals surface area contributed by atoms with Gasteiger partial charge in [-0.1, -0.05) is 44.0 Å². The summed E-state index contributed by atoms with van der Waals surface area (Å²) >= 11 is 0. The predicted octanol–water partition coefficient (Wildman–Crippen LogP) is 2.98. The monoisotopic (exact) mass is 261 g/mol. The molecule has 1 aromatic rings. The van der Waals surface area contributed by atoms with Crippen LogP contribution in [0.4, 0.5) is 0 Å². The van der Waals surface area contributed by atoms with Crippen molar-refractivity contribution in [2.24, 2.45) is 11.7 Å². The van der Waals surface area contributed by atoms with E-state index in [-0.39, 0.29) is 18.0 Å². The highest BCUT2D eigenvalue weighted by molar-refractivity contribution is 5.73. The molecule has 3 nitrogen and oxygen atoms in total. The van der Waals surface area contributed by atoms with Crippen LogP contribution in [0, 0.1) is 5.92 Å². The highest BCUT2D eigenvalue weighted by Gasteiger charge is 2.28. The summed E-state index contributed by atoms with van der Waals surface area (Å²) in [6, 6.07) is 8.21. The second-order valence-corrected chi connectivity index (χ2v) is 5.24. The molecule has 1 aliphatic rings. The summed E-state index contributed by atoms with van der Waals surface area (Å²) in [5.41, 5.74) is 8.15. The van der Waals surface area contributed by atoms with E-state index in [4.69, 9.17) is 10.5 Å². The molecule has 0 aromatic heterocycles. The van der Waals surface area contributed by atoms with Gasteiger partial charge in [0, 0.05) is 6.54 Å². The Labute approximate surface area is 115 Å². The molecule has 2 N–H and O–H groups in total. The van der Waals surface area contributed by atoms with Crippen LogP contribution in [0.5, 0.6) is 0 Å². The number of esters is 1. The summed E-state index contributed by atoms with van der Waals surface area (Å²) in [4.78, 5) is 12.1. The van der Waals surface area contributed by atoms with Crippen molar-refractivity contribution in [2.75, 3.05) is 6.54 Å². The summed E-state index contributed by atoms with van der Waals surface area (Å²) in [6.45, 7) is 2.50. The SMILES string of the molecule is CCCCC(CN)C(=O)OC1CCc2ccccc21. The van der Waals surface area contributed by atoms with Gasteiger partial charge < -0.3 is 10.5 Å². The number of aryl methyl sites for hydroxylation is 1. The average molecular weight is 261 g/mol. The maximum atomic E-state index is 12.1. The van der Waals surface area contributed by atoms with Crippen molar-refractivity contribution in [3.8, 4) is 0 Å². The van der Waals surface area contributed by atoms with Crippen LogP contribution in [0.2, 0.25) is 0 Å². The van der Waals surface area contributed by atoms with E-state index in [1.807, 2.05) is 12.1 Å². The fraction of sp³-hybridized carbons (Fsp3) is 0.562. The Morgan fingerprint density at radius 2 is 2.26 bits per heavy atom. The van der Waals surface area contributed by atoms with E-state index in [9.17, 15) is 4.79 Å². The lowest BCUT2D eigenvalue weighted by atomic mass is 10.0. The molecule has 0 amide bonds. The number of benzene rings is 1. The van der Waals surface area contributed by atoms with Gasteiger partial charge in [-0.05, 0) is 30.4 Å². The molecule has 0 heterocycles. The molecule has 19 heavy (non-hydrogen) atoms. The van der Waals surface area contributed by atoms with Crippen LogP contribution >= 0.6 is 0 Å². The molecule has 0 bridgehead atoms. The minimum atomic E-state index is -0.146. The summed E-state index contributed by atoms with van der Waals surface area (Å²) < 4.78 is 5.67. The zero-order chi connectivity index (χ0) is 13.7. The van der Waals surface area contributed by atoms with E-state index in [1.54, 1.807) is 0 Å². The first-order valence-electron chi connectivity index (χ1n) is 7.24. The van der Waals surface area contributed by atoms with Gasteiger partial charge in [-0.25, -0.2) is 0 Å². The van der Waals surface area contributed by atoms with E-state index in [0.29, 0.717) is 6.54 Å². The van der Waals surface area contributed by atoms with E-state index >= 15 is 0 Å². The number of fused-ring (bicyclic) bond motifs is 1. The Hall–Kier alpha value is -1.35. The van der Waals surface area contributed by atoms with Gasteiger partial charge in [0.2, 0.25) is 0 Å². The summed E-state index contributed by atoms with van der Waals surface area (Å²) in [5.74, 6) is -0.273. The molecule has 1 aliphatic carbocycles. The third-order valence-electron chi connectivity index (χ3n) is 3.86. The van der Waals surface area contributed by atoms with Gasteiger partial charge in [0.05, 0.1) is 5.92 Å². The van der Waals surface area contributed by atoms with Crippen molar-refractivity contribution in [3.05, 3.63) is 35.4 Å². The van der Waals surface area contributed by atoms with Gasteiger partial charge in [-0.15, -0.1) is 0 Å². The summed E-state index contributed by atoms with van der Waals surface area (Å²) in [5, 5.41) is 0. The molecule has 0 saturated carbocycles. The molecule has 0 aliphatic heterocycles. The van der Waals surface area contributed by atoms with Crippen LogP contribution in [-0.4, -0.2) is 12.5 Å². The molecule has 2 atom stereocenters. The number of carbonyl (C=O) groups excluding carboxylic acids is 1. The Morgan fingerprint density at radius 3 is 3.00 bits per heavy atom. The van der Waals surface area contributed by atoms with E-state index in [1.165, 1.54) is 11.1 Å². The van der Waals surface area contributed by atoms with E-state index in [0.717, 1.165) is 32.1 Å². The van der Waals surface area contributed by atoms with Crippen LogP contribution in [0.1, 0.15) is 49.8 Å². The Kier molecular flexibility index (Phi) is 4.97. The van der Waals surface area contributed by atoms with Gasteiger partial charge in [-0.3, -0.25) is 4.79 Å². The minimum Gasteiger partial charge on any atom is -0.457 e. The van der Waals surface area contributed by atoms with Gasteiger partial charge in [0.25, 0.3) is 0 Å². The van der Waals surface area contributed by atoms with Crippen molar-refractivity contribution >= 4 is 5.97 Å². The van der Waals surface area contributed by atoms with Crippen LogP contribution in [0.3, 0.4) is 0 Å². The van der Waals surface area contributed by atoms with Crippen molar-refractivity contribution in [2.45, 2.75) is 45.1 Å². The van der Waals surface area contributed by atoms with Crippen LogP contribution in [0.25, 0.3) is 0 Å². The van der Waals surface area contributed by atoms with E-state index in [2.05, 4.69) is 19.1 Å².